The minimum Gasteiger partial charge on any atom is -0.444 e. The van der Waals surface area contributed by atoms with E-state index < -0.39 is 5.60 Å². The van der Waals surface area contributed by atoms with Crippen LogP contribution in [0.4, 0.5) is 4.79 Å². The second kappa shape index (κ2) is 8.07. The Morgan fingerprint density at radius 2 is 2.05 bits per heavy atom. The summed E-state index contributed by atoms with van der Waals surface area (Å²) >= 11 is 0. The first-order valence-corrected chi connectivity index (χ1v) is 7.29. The lowest BCUT2D eigenvalue weighted by Crippen LogP contribution is -2.63. The molecule has 0 spiro atoms. The number of methoxy groups -OCH3 is 1. The zero-order chi connectivity index (χ0) is 15.9. The third kappa shape index (κ3) is 6.66. The van der Waals surface area contributed by atoms with E-state index in [2.05, 4.69) is 15.6 Å². The highest BCUT2D eigenvalue weighted by Crippen LogP contribution is 2.14. The van der Waals surface area contributed by atoms with Gasteiger partial charge in [-0.15, -0.1) is 0 Å². The van der Waals surface area contributed by atoms with Crippen LogP contribution in [0.5, 0.6) is 0 Å². The molecule has 1 aliphatic heterocycles. The Bertz CT molecular complexity index is 360. The molecule has 21 heavy (non-hydrogen) atoms. The molecule has 0 atom stereocenters. The van der Waals surface area contributed by atoms with Gasteiger partial charge >= 0.3 is 6.09 Å². The molecule has 122 valence electrons. The second-order valence-corrected chi connectivity index (χ2v) is 6.07. The Morgan fingerprint density at radius 1 is 1.38 bits per heavy atom. The molecule has 0 aromatic carbocycles. The molecule has 1 heterocycles. The van der Waals surface area contributed by atoms with Crippen molar-refractivity contribution in [3.8, 4) is 0 Å². The van der Waals surface area contributed by atoms with Crippen molar-refractivity contribution < 1.29 is 14.3 Å². The van der Waals surface area contributed by atoms with Crippen molar-refractivity contribution in [1.29, 1.82) is 0 Å². The fraction of sp³-hybridized carbons (Fsp3) is 0.857. The molecule has 7 heteroatoms. The molecular formula is C14H28N4O3. The Labute approximate surface area is 127 Å². The van der Waals surface area contributed by atoms with E-state index in [-0.39, 0.29) is 12.1 Å². The Kier molecular flexibility index (Phi) is 6.74. The fourth-order valence-electron chi connectivity index (χ4n) is 1.86. The predicted octanol–water partition coefficient (Wildman–Crippen LogP) is 0.807. The molecule has 0 aliphatic carbocycles. The molecule has 1 fully saturated rings. The van der Waals surface area contributed by atoms with Gasteiger partial charge in [0, 0.05) is 40.4 Å². The van der Waals surface area contributed by atoms with Crippen LogP contribution < -0.4 is 10.6 Å². The Balaban J connectivity index is 2.22. The lowest BCUT2D eigenvalue weighted by Gasteiger charge is -2.40. The number of rotatable bonds is 5. The van der Waals surface area contributed by atoms with Crippen molar-refractivity contribution in [2.24, 2.45) is 4.99 Å². The van der Waals surface area contributed by atoms with Gasteiger partial charge in [-0.2, -0.15) is 0 Å². The first-order valence-electron chi connectivity index (χ1n) is 7.29. The molecular weight excluding hydrogens is 272 g/mol. The highest BCUT2D eigenvalue weighted by Gasteiger charge is 2.34. The van der Waals surface area contributed by atoms with Crippen LogP contribution in [0.2, 0.25) is 0 Å². The van der Waals surface area contributed by atoms with Gasteiger partial charge in [0.15, 0.2) is 5.96 Å². The van der Waals surface area contributed by atoms with Gasteiger partial charge in [-0.1, -0.05) is 0 Å². The molecule has 0 radical (unpaired) electrons. The lowest BCUT2D eigenvalue weighted by atomic mass is 10.1. The molecule has 7 nitrogen and oxygen atoms in total. The summed E-state index contributed by atoms with van der Waals surface area (Å²) in [5.74, 6) is 0.750. The molecule has 1 saturated heterocycles. The number of hydrogen-bond donors (Lipinski definition) is 2. The summed E-state index contributed by atoms with van der Waals surface area (Å²) in [6.45, 7) is 8.39. The number of nitrogens with one attached hydrogen (secondary N) is 2. The minimum absolute atomic E-state index is 0.214. The molecule has 1 rings (SSSR count). The van der Waals surface area contributed by atoms with Crippen molar-refractivity contribution in [3.05, 3.63) is 0 Å². The van der Waals surface area contributed by atoms with Gasteiger partial charge in [0.2, 0.25) is 0 Å². The van der Waals surface area contributed by atoms with Crippen molar-refractivity contribution >= 4 is 12.1 Å². The maximum absolute atomic E-state index is 11.8. The SMILES string of the molecule is CN=C(NCCCOC)NC1CN(C(=O)OC(C)(C)C)C1. The van der Waals surface area contributed by atoms with Crippen LogP contribution in [0.3, 0.4) is 0 Å². The standard InChI is InChI=1S/C14H28N4O3/c1-14(2,3)21-13(19)18-9-11(10-18)17-12(15-4)16-7-6-8-20-5/h11H,6-10H2,1-5H3,(H2,15,16,17). The summed E-state index contributed by atoms with van der Waals surface area (Å²) < 4.78 is 10.3. The van der Waals surface area contributed by atoms with E-state index in [1.807, 2.05) is 20.8 Å². The summed E-state index contributed by atoms with van der Waals surface area (Å²) in [6, 6.07) is 0.214. The zero-order valence-electron chi connectivity index (χ0n) is 13.7. The van der Waals surface area contributed by atoms with E-state index in [0.717, 1.165) is 25.5 Å². The summed E-state index contributed by atoms with van der Waals surface area (Å²) in [5.41, 5.74) is -0.450. The van der Waals surface area contributed by atoms with E-state index in [0.29, 0.717) is 13.1 Å². The van der Waals surface area contributed by atoms with Crippen LogP contribution >= 0.6 is 0 Å². The normalized spacial score (nSPS) is 16.4. The number of likely N-dealkylation sites (tertiary alicyclic amines) is 1. The van der Waals surface area contributed by atoms with Crippen molar-refractivity contribution in [1.82, 2.24) is 15.5 Å². The van der Waals surface area contributed by atoms with E-state index in [9.17, 15) is 4.79 Å². The summed E-state index contributed by atoms with van der Waals surface area (Å²) in [5, 5.41) is 6.49. The molecule has 0 unspecified atom stereocenters. The van der Waals surface area contributed by atoms with E-state index in [1.54, 1.807) is 19.1 Å². The largest absolute Gasteiger partial charge is 0.444 e. The predicted molar refractivity (Wildman–Crippen MR) is 82.6 cm³/mol. The van der Waals surface area contributed by atoms with Crippen molar-refractivity contribution in [2.45, 2.75) is 38.8 Å². The number of carbonyl (C=O) groups is 1. The smallest absolute Gasteiger partial charge is 0.410 e. The highest BCUT2D eigenvalue weighted by molar-refractivity contribution is 5.80. The number of hydrogen-bond acceptors (Lipinski definition) is 4. The quantitative estimate of drug-likeness (QED) is 0.446. The van der Waals surface area contributed by atoms with Gasteiger partial charge in [-0.05, 0) is 27.2 Å². The van der Waals surface area contributed by atoms with E-state index in [4.69, 9.17) is 9.47 Å². The molecule has 2 N–H and O–H groups in total. The molecule has 1 amide bonds. The number of nitrogens with zero attached hydrogens (tertiary/aromatic N) is 2. The van der Waals surface area contributed by atoms with Crippen LogP contribution in [-0.4, -0.2) is 69.0 Å². The average molecular weight is 300 g/mol. The minimum atomic E-state index is -0.450. The number of amides is 1. The van der Waals surface area contributed by atoms with Gasteiger partial charge < -0.3 is 25.0 Å². The first-order chi connectivity index (χ1) is 9.85. The van der Waals surface area contributed by atoms with Crippen molar-refractivity contribution in [3.63, 3.8) is 0 Å². The number of guanidine groups is 1. The van der Waals surface area contributed by atoms with E-state index >= 15 is 0 Å². The molecule has 0 saturated carbocycles. The number of aliphatic imine (C=N–C) groups is 1. The third-order valence-corrected chi connectivity index (χ3v) is 2.92. The average Bonchev–Trinajstić information content (AvgIpc) is 2.33. The summed E-state index contributed by atoms with van der Waals surface area (Å²) in [7, 11) is 3.42. The van der Waals surface area contributed by atoms with Gasteiger partial charge in [0.25, 0.3) is 0 Å². The molecule has 1 aliphatic rings. The van der Waals surface area contributed by atoms with Gasteiger partial charge in [-0.25, -0.2) is 4.79 Å². The molecule has 0 bridgehead atoms. The molecule has 0 aromatic heterocycles. The monoisotopic (exact) mass is 300 g/mol. The fourth-order valence-corrected chi connectivity index (χ4v) is 1.86. The van der Waals surface area contributed by atoms with E-state index in [1.165, 1.54) is 0 Å². The summed E-state index contributed by atoms with van der Waals surface area (Å²) in [6.07, 6.45) is 0.662. The van der Waals surface area contributed by atoms with Crippen LogP contribution in [0, 0.1) is 0 Å². The lowest BCUT2D eigenvalue weighted by molar-refractivity contribution is 0.00701. The maximum atomic E-state index is 11.8. The van der Waals surface area contributed by atoms with Crippen LogP contribution in [-0.2, 0) is 9.47 Å². The second-order valence-electron chi connectivity index (χ2n) is 6.07. The number of ether oxygens (including phenoxy) is 2. The zero-order valence-corrected chi connectivity index (χ0v) is 13.7. The van der Waals surface area contributed by atoms with Crippen molar-refractivity contribution in [2.75, 3.05) is 40.4 Å². The van der Waals surface area contributed by atoms with Crippen LogP contribution in [0.15, 0.2) is 4.99 Å². The first kappa shape index (κ1) is 17.6. The van der Waals surface area contributed by atoms with Gasteiger partial charge in [0.1, 0.15) is 5.60 Å². The van der Waals surface area contributed by atoms with Crippen LogP contribution in [0.25, 0.3) is 0 Å². The topological polar surface area (TPSA) is 75.2 Å². The Morgan fingerprint density at radius 3 is 2.57 bits per heavy atom. The number of carbonyl (C=O) groups excluding carboxylic acids is 1. The molecule has 0 aromatic rings. The van der Waals surface area contributed by atoms with Crippen LogP contribution in [0.1, 0.15) is 27.2 Å². The third-order valence-electron chi connectivity index (χ3n) is 2.92. The Hall–Kier alpha value is -1.50. The maximum Gasteiger partial charge on any atom is 0.410 e. The van der Waals surface area contributed by atoms with Gasteiger partial charge in [-0.3, -0.25) is 4.99 Å². The highest BCUT2D eigenvalue weighted by atomic mass is 16.6. The van der Waals surface area contributed by atoms with Gasteiger partial charge in [0.05, 0.1) is 6.04 Å². The summed E-state index contributed by atoms with van der Waals surface area (Å²) in [4.78, 5) is 17.6.